The summed E-state index contributed by atoms with van der Waals surface area (Å²) in [5, 5.41) is 9.05. The Morgan fingerprint density at radius 2 is 2.06 bits per heavy atom. The van der Waals surface area contributed by atoms with Gasteiger partial charge in [0.25, 0.3) is 6.43 Å². The zero-order valence-corrected chi connectivity index (χ0v) is 8.94. The minimum Gasteiger partial charge on any atom is -0.394 e. The second kappa shape index (κ2) is 4.78. The standard InChI is InChI=1S/C12H15F2NO/c13-12(14)11(8-16)15-7-3-5-9-4-1-2-6-10(9)15/h1-2,4,6,11-12,16H,3,5,7-8H2. The van der Waals surface area contributed by atoms with Gasteiger partial charge in [0.05, 0.1) is 6.61 Å². The second-order valence-electron chi connectivity index (χ2n) is 4.01. The van der Waals surface area contributed by atoms with Crippen molar-refractivity contribution in [3.8, 4) is 0 Å². The van der Waals surface area contributed by atoms with E-state index in [1.807, 2.05) is 24.3 Å². The number of hydrogen-bond acceptors (Lipinski definition) is 2. The summed E-state index contributed by atoms with van der Waals surface area (Å²) in [4.78, 5) is 1.63. The van der Waals surface area contributed by atoms with Gasteiger partial charge < -0.3 is 10.0 Å². The lowest BCUT2D eigenvalue weighted by molar-refractivity contribution is 0.0784. The van der Waals surface area contributed by atoms with Gasteiger partial charge in [0.2, 0.25) is 0 Å². The van der Waals surface area contributed by atoms with Gasteiger partial charge >= 0.3 is 0 Å². The average molecular weight is 227 g/mol. The number of halogens is 2. The van der Waals surface area contributed by atoms with Crippen LogP contribution in [-0.2, 0) is 6.42 Å². The third kappa shape index (κ3) is 2.02. The monoisotopic (exact) mass is 227 g/mol. The number of benzene rings is 1. The summed E-state index contributed by atoms with van der Waals surface area (Å²) in [7, 11) is 0. The number of fused-ring (bicyclic) bond motifs is 1. The molecule has 16 heavy (non-hydrogen) atoms. The van der Waals surface area contributed by atoms with Gasteiger partial charge in [-0.1, -0.05) is 18.2 Å². The predicted octanol–water partition coefficient (Wildman–Crippen LogP) is 2.07. The van der Waals surface area contributed by atoms with Crippen molar-refractivity contribution in [3.63, 3.8) is 0 Å². The Kier molecular flexibility index (Phi) is 3.39. The van der Waals surface area contributed by atoms with Crippen molar-refractivity contribution >= 4 is 5.69 Å². The molecule has 2 rings (SSSR count). The van der Waals surface area contributed by atoms with Gasteiger partial charge in [0, 0.05) is 12.2 Å². The molecule has 0 radical (unpaired) electrons. The third-order valence-corrected chi connectivity index (χ3v) is 3.02. The first kappa shape index (κ1) is 11.3. The molecule has 1 heterocycles. The van der Waals surface area contributed by atoms with Gasteiger partial charge in [-0.05, 0) is 24.5 Å². The Bertz CT molecular complexity index is 357. The van der Waals surface area contributed by atoms with Crippen molar-refractivity contribution in [2.45, 2.75) is 25.3 Å². The molecule has 1 aliphatic rings. The molecule has 1 atom stereocenters. The minimum absolute atomic E-state index is 0.508. The van der Waals surface area contributed by atoms with E-state index in [2.05, 4.69) is 0 Å². The molecule has 0 saturated heterocycles. The van der Waals surface area contributed by atoms with E-state index in [4.69, 9.17) is 5.11 Å². The fourth-order valence-corrected chi connectivity index (χ4v) is 2.22. The summed E-state index contributed by atoms with van der Waals surface area (Å²) in [5.41, 5.74) is 1.93. The van der Waals surface area contributed by atoms with E-state index in [0.29, 0.717) is 6.54 Å². The minimum atomic E-state index is -2.52. The number of alkyl halides is 2. The fourth-order valence-electron chi connectivity index (χ4n) is 2.22. The third-order valence-electron chi connectivity index (χ3n) is 3.02. The summed E-state index contributed by atoms with van der Waals surface area (Å²) in [6.45, 7) is 0.0819. The van der Waals surface area contributed by atoms with E-state index in [1.54, 1.807) is 4.90 Å². The highest BCUT2D eigenvalue weighted by molar-refractivity contribution is 5.56. The number of hydrogen-bond donors (Lipinski definition) is 1. The second-order valence-corrected chi connectivity index (χ2v) is 4.01. The van der Waals surface area contributed by atoms with E-state index >= 15 is 0 Å². The Morgan fingerprint density at radius 1 is 1.31 bits per heavy atom. The van der Waals surface area contributed by atoms with Crippen LogP contribution in [0.2, 0.25) is 0 Å². The van der Waals surface area contributed by atoms with Crippen LogP contribution in [0.1, 0.15) is 12.0 Å². The van der Waals surface area contributed by atoms with Crippen LogP contribution in [-0.4, -0.2) is 30.7 Å². The van der Waals surface area contributed by atoms with Crippen molar-refractivity contribution in [2.75, 3.05) is 18.1 Å². The Labute approximate surface area is 93.5 Å². The normalized spacial score (nSPS) is 17.4. The van der Waals surface area contributed by atoms with Gasteiger partial charge in [0.15, 0.2) is 0 Å². The largest absolute Gasteiger partial charge is 0.394 e. The van der Waals surface area contributed by atoms with Crippen LogP contribution < -0.4 is 4.90 Å². The van der Waals surface area contributed by atoms with Gasteiger partial charge in [-0.2, -0.15) is 0 Å². The van der Waals surface area contributed by atoms with Crippen LogP contribution in [0.5, 0.6) is 0 Å². The smallest absolute Gasteiger partial charge is 0.260 e. The summed E-state index contributed by atoms with van der Waals surface area (Å²) >= 11 is 0. The molecule has 1 N–H and O–H groups in total. The maximum Gasteiger partial charge on any atom is 0.260 e. The molecule has 0 spiro atoms. The highest BCUT2D eigenvalue weighted by atomic mass is 19.3. The van der Waals surface area contributed by atoms with Gasteiger partial charge in [0.1, 0.15) is 6.04 Å². The Morgan fingerprint density at radius 3 is 2.75 bits per heavy atom. The number of aliphatic hydroxyl groups is 1. The van der Waals surface area contributed by atoms with E-state index in [0.717, 1.165) is 24.1 Å². The maximum atomic E-state index is 12.8. The molecule has 1 aromatic carbocycles. The molecular weight excluding hydrogens is 212 g/mol. The molecule has 0 bridgehead atoms. The number of rotatable bonds is 3. The molecule has 0 fully saturated rings. The maximum absolute atomic E-state index is 12.8. The molecule has 4 heteroatoms. The molecule has 2 nitrogen and oxygen atoms in total. The quantitative estimate of drug-likeness (QED) is 0.854. The SMILES string of the molecule is OCC(C(F)F)N1CCCc2ccccc21. The zero-order chi connectivity index (χ0) is 11.5. The zero-order valence-electron chi connectivity index (χ0n) is 8.94. The van der Waals surface area contributed by atoms with Crippen molar-refractivity contribution in [1.82, 2.24) is 0 Å². The van der Waals surface area contributed by atoms with E-state index in [-0.39, 0.29) is 0 Å². The predicted molar refractivity (Wildman–Crippen MR) is 59.0 cm³/mol. The molecule has 0 aliphatic carbocycles. The fraction of sp³-hybridized carbons (Fsp3) is 0.500. The van der Waals surface area contributed by atoms with Gasteiger partial charge in [-0.3, -0.25) is 0 Å². The van der Waals surface area contributed by atoms with Crippen molar-refractivity contribution in [3.05, 3.63) is 29.8 Å². The molecule has 1 unspecified atom stereocenters. The van der Waals surface area contributed by atoms with Gasteiger partial charge in [-0.25, -0.2) is 8.78 Å². The van der Waals surface area contributed by atoms with Crippen LogP contribution in [0.4, 0.5) is 14.5 Å². The van der Waals surface area contributed by atoms with E-state index in [9.17, 15) is 8.78 Å². The number of para-hydroxylation sites is 1. The van der Waals surface area contributed by atoms with Crippen LogP contribution in [0.3, 0.4) is 0 Å². The van der Waals surface area contributed by atoms with Crippen molar-refractivity contribution in [2.24, 2.45) is 0 Å². The first-order valence-electron chi connectivity index (χ1n) is 5.47. The summed E-state index contributed by atoms with van der Waals surface area (Å²) in [6, 6.07) is 6.48. The first-order chi connectivity index (χ1) is 7.74. The average Bonchev–Trinajstić information content (AvgIpc) is 2.30. The lowest BCUT2D eigenvalue weighted by atomic mass is 10.0. The lowest BCUT2D eigenvalue weighted by Gasteiger charge is -2.36. The van der Waals surface area contributed by atoms with Crippen molar-refractivity contribution in [1.29, 1.82) is 0 Å². The lowest BCUT2D eigenvalue weighted by Crippen LogP contribution is -2.45. The summed E-state index contributed by atoms with van der Waals surface area (Å²) in [6.07, 6.45) is -0.731. The topological polar surface area (TPSA) is 23.5 Å². The van der Waals surface area contributed by atoms with Gasteiger partial charge in [-0.15, -0.1) is 0 Å². The van der Waals surface area contributed by atoms with Crippen LogP contribution in [0.15, 0.2) is 24.3 Å². The Hall–Kier alpha value is -1.16. The molecule has 0 saturated carbocycles. The highest BCUT2D eigenvalue weighted by Crippen LogP contribution is 2.29. The molecule has 88 valence electrons. The molecule has 1 aromatic rings. The highest BCUT2D eigenvalue weighted by Gasteiger charge is 2.29. The Balaban J connectivity index is 2.30. The van der Waals surface area contributed by atoms with Crippen LogP contribution in [0.25, 0.3) is 0 Å². The number of nitrogens with zero attached hydrogens (tertiary/aromatic N) is 1. The van der Waals surface area contributed by atoms with Crippen molar-refractivity contribution < 1.29 is 13.9 Å². The van der Waals surface area contributed by atoms with Crippen LogP contribution in [0, 0.1) is 0 Å². The van der Waals surface area contributed by atoms with E-state index < -0.39 is 19.1 Å². The first-order valence-corrected chi connectivity index (χ1v) is 5.47. The van der Waals surface area contributed by atoms with Crippen LogP contribution >= 0.6 is 0 Å². The molecule has 0 aromatic heterocycles. The number of aliphatic hydroxyl groups excluding tert-OH is 1. The summed E-state index contributed by atoms with van der Waals surface area (Å²) < 4.78 is 25.6. The number of anilines is 1. The molecule has 0 amide bonds. The number of aryl methyl sites for hydroxylation is 1. The molecular formula is C12H15F2NO. The molecule has 1 aliphatic heterocycles. The van der Waals surface area contributed by atoms with E-state index in [1.165, 1.54) is 0 Å². The summed E-state index contributed by atoms with van der Waals surface area (Å²) in [5.74, 6) is 0.